The molecule has 15 heavy (non-hydrogen) atoms. The molecule has 0 bridgehead atoms. The molecule has 0 saturated carbocycles. The summed E-state index contributed by atoms with van der Waals surface area (Å²) in [7, 11) is 2.99. The normalized spacial score (nSPS) is 40.4. The number of aliphatic hydroxyl groups excluding tert-OH is 2. The largest absolute Gasteiger partial charge is 0.390 e. The van der Waals surface area contributed by atoms with E-state index >= 15 is 0 Å². The zero-order valence-electron chi connectivity index (χ0n) is 9.64. The van der Waals surface area contributed by atoms with E-state index in [1.165, 1.54) is 7.11 Å². The topological polar surface area (TPSA) is 68.2 Å². The molecule has 2 N–H and O–H groups in total. The third kappa shape index (κ3) is 2.32. The summed E-state index contributed by atoms with van der Waals surface area (Å²) in [4.78, 5) is 0. The highest BCUT2D eigenvalue weighted by Crippen LogP contribution is 2.37. The first-order valence-electron chi connectivity index (χ1n) is 4.98. The van der Waals surface area contributed by atoms with Gasteiger partial charge < -0.3 is 24.4 Å². The molecule has 1 aliphatic heterocycles. The third-order valence-corrected chi connectivity index (χ3v) is 3.08. The first kappa shape index (κ1) is 12.9. The molecule has 5 nitrogen and oxygen atoms in total. The van der Waals surface area contributed by atoms with E-state index in [2.05, 4.69) is 0 Å². The maximum absolute atomic E-state index is 10.0. The predicted octanol–water partition coefficient (Wildman–Crippen LogP) is -0.248. The molecule has 5 heteroatoms. The lowest BCUT2D eigenvalue weighted by Crippen LogP contribution is -2.60. The Morgan fingerprint density at radius 1 is 1.27 bits per heavy atom. The minimum atomic E-state index is -1.11. The summed E-state index contributed by atoms with van der Waals surface area (Å²) < 4.78 is 15.4. The molecule has 0 spiro atoms. The Morgan fingerprint density at radius 2 is 1.87 bits per heavy atom. The highest BCUT2D eigenvalue weighted by atomic mass is 16.7. The van der Waals surface area contributed by atoms with Crippen LogP contribution in [0.5, 0.6) is 0 Å². The van der Waals surface area contributed by atoms with Crippen molar-refractivity contribution in [3.05, 3.63) is 0 Å². The maximum atomic E-state index is 10.0. The van der Waals surface area contributed by atoms with Crippen molar-refractivity contribution < 1.29 is 24.4 Å². The van der Waals surface area contributed by atoms with Crippen molar-refractivity contribution >= 4 is 0 Å². The smallest absolute Gasteiger partial charge is 0.184 e. The summed E-state index contributed by atoms with van der Waals surface area (Å²) in [6.45, 7) is 4.05. The minimum Gasteiger partial charge on any atom is -0.390 e. The van der Waals surface area contributed by atoms with E-state index in [-0.39, 0.29) is 6.10 Å². The molecular formula is C10H20O5. The Hall–Kier alpha value is -0.200. The van der Waals surface area contributed by atoms with Crippen molar-refractivity contribution in [2.24, 2.45) is 5.41 Å². The van der Waals surface area contributed by atoms with Gasteiger partial charge in [-0.25, -0.2) is 0 Å². The number of hydrogen-bond acceptors (Lipinski definition) is 5. The fraction of sp³-hybridized carbons (Fsp3) is 1.00. The lowest BCUT2D eigenvalue weighted by Gasteiger charge is -2.47. The van der Waals surface area contributed by atoms with Crippen LogP contribution in [0.1, 0.15) is 13.8 Å². The van der Waals surface area contributed by atoms with Crippen LogP contribution in [-0.2, 0) is 14.2 Å². The number of aliphatic hydroxyl groups is 2. The van der Waals surface area contributed by atoms with Gasteiger partial charge in [0, 0.05) is 19.6 Å². The average molecular weight is 220 g/mol. The Labute approximate surface area is 89.9 Å². The minimum absolute atomic E-state index is 0.331. The second kappa shape index (κ2) is 4.76. The lowest BCUT2D eigenvalue weighted by molar-refractivity contribution is -0.301. The van der Waals surface area contributed by atoms with Crippen molar-refractivity contribution in [2.45, 2.75) is 38.4 Å². The molecule has 0 aromatic rings. The van der Waals surface area contributed by atoms with Crippen LogP contribution in [0.25, 0.3) is 0 Å². The highest BCUT2D eigenvalue weighted by molar-refractivity contribution is 4.95. The van der Waals surface area contributed by atoms with Crippen LogP contribution in [0.2, 0.25) is 0 Å². The molecule has 0 aliphatic carbocycles. The van der Waals surface area contributed by atoms with E-state index in [1.807, 2.05) is 13.8 Å². The summed E-state index contributed by atoms with van der Waals surface area (Å²) in [6.07, 6.45) is -2.96. The maximum Gasteiger partial charge on any atom is 0.184 e. The second-order valence-electron chi connectivity index (χ2n) is 4.44. The fourth-order valence-electron chi connectivity index (χ4n) is 1.84. The second-order valence-corrected chi connectivity index (χ2v) is 4.44. The van der Waals surface area contributed by atoms with Gasteiger partial charge in [-0.15, -0.1) is 0 Å². The van der Waals surface area contributed by atoms with Crippen LogP contribution < -0.4 is 0 Å². The number of hydrogen-bond donors (Lipinski definition) is 2. The van der Waals surface area contributed by atoms with Crippen molar-refractivity contribution in [3.8, 4) is 0 Å². The summed E-state index contributed by atoms with van der Waals surface area (Å²) in [5.41, 5.74) is -0.518. The van der Waals surface area contributed by atoms with Crippen molar-refractivity contribution in [1.29, 1.82) is 0 Å². The van der Waals surface area contributed by atoms with E-state index in [0.717, 1.165) is 0 Å². The molecule has 4 atom stereocenters. The van der Waals surface area contributed by atoms with Crippen molar-refractivity contribution in [1.82, 2.24) is 0 Å². The molecule has 1 heterocycles. The highest BCUT2D eigenvalue weighted by Gasteiger charge is 2.50. The van der Waals surface area contributed by atoms with Gasteiger partial charge in [0.25, 0.3) is 0 Å². The van der Waals surface area contributed by atoms with Gasteiger partial charge in [-0.1, -0.05) is 13.8 Å². The predicted molar refractivity (Wildman–Crippen MR) is 53.3 cm³/mol. The molecule has 0 aromatic heterocycles. The van der Waals surface area contributed by atoms with Crippen molar-refractivity contribution in [3.63, 3.8) is 0 Å². The van der Waals surface area contributed by atoms with Gasteiger partial charge in [-0.3, -0.25) is 0 Å². The monoisotopic (exact) mass is 220 g/mol. The van der Waals surface area contributed by atoms with E-state index < -0.39 is 23.9 Å². The SMILES string of the molecule is COCC1OC(O)C(OC)[C@H](O)C1(C)C. The van der Waals surface area contributed by atoms with Gasteiger partial charge in [0.2, 0.25) is 0 Å². The molecule has 0 aromatic carbocycles. The van der Waals surface area contributed by atoms with E-state index in [1.54, 1.807) is 7.11 Å². The van der Waals surface area contributed by atoms with Crippen LogP contribution in [0.3, 0.4) is 0 Å². The standard InChI is InChI=1S/C10H20O5/c1-10(2)6(5-13-3)15-9(12)7(14-4)8(10)11/h6-9,11-12H,5H2,1-4H3/t6?,7?,8-,9?/m0/s1. The van der Waals surface area contributed by atoms with Gasteiger partial charge in [0.15, 0.2) is 6.29 Å². The summed E-state index contributed by atoms with van der Waals surface area (Å²) >= 11 is 0. The third-order valence-electron chi connectivity index (χ3n) is 3.08. The van der Waals surface area contributed by atoms with Crippen LogP contribution in [0.15, 0.2) is 0 Å². The van der Waals surface area contributed by atoms with Crippen LogP contribution in [-0.4, -0.2) is 55.6 Å². The molecule has 0 amide bonds. The van der Waals surface area contributed by atoms with Gasteiger partial charge in [-0.05, 0) is 0 Å². The first-order chi connectivity index (χ1) is 6.95. The Morgan fingerprint density at radius 3 is 2.33 bits per heavy atom. The molecule has 1 aliphatic rings. The fourth-order valence-corrected chi connectivity index (χ4v) is 1.84. The summed E-state index contributed by atoms with van der Waals surface area (Å²) in [6, 6.07) is 0. The average Bonchev–Trinajstić information content (AvgIpc) is 2.16. The first-order valence-corrected chi connectivity index (χ1v) is 4.98. The number of ether oxygens (including phenoxy) is 3. The molecule has 1 saturated heterocycles. The Balaban J connectivity index is 2.81. The van der Waals surface area contributed by atoms with Crippen LogP contribution in [0.4, 0.5) is 0 Å². The van der Waals surface area contributed by atoms with Gasteiger partial charge in [-0.2, -0.15) is 0 Å². The zero-order chi connectivity index (χ0) is 11.6. The van der Waals surface area contributed by atoms with E-state index in [4.69, 9.17) is 14.2 Å². The van der Waals surface area contributed by atoms with E-state index in [0.29, 0.717) is 6.61 Å². The summed E-state index contributed by atoms with van der Waals surface area (Å²) in [5, 5.41) is 19.6. The lowest BCUT2D eigenvalue weighted by atomic mass is 9.76. The van der Waals surface area contributed by atoms with Crippen LogP contribution >= 0.6 is 0 Å². The molecule has 1 fully saturated rings. The molecular weight excluding hydrogens is 200 g/mol. The molecule has 1 rings (SSSR count). The zero-order valence-corrected chi connectivity index (χ0v) is 9.64. The van der Waals surface area contributed by atoms with Gasteiger partial charge >= 0.3 is 0 Å². The molecule has 90 valence electrons. The van der Waals surface area contributed by atoms with Crippen molar-refractivity contribution in [2.75, 3.05) is 20.8 Å². The quantitative estimate of drug-likeness (QED) is 0.686. The molecule has 3 unspecified atom stereocenters. The number of rotatable bonds is 3. The van der Waals surface area contributed by atoms with Gasteiger partial charge in [0.05, 0.1) is 18.8 Å². The number of methoxy groups -OCH3 is 2. The molecule has 0 radical (unpaired) electrons. The summed E-state index contributed by atoms with van der Waals surface area (Å²) in [5.74, 6) is 0. The van der Waals surface area contributed by atoms with E-state index in [9.17, 15) is 10.2 Å². The van der Waals surface area contributed by atoms with Crippen LogP contribution in [0, 0.1) is 5.41 Å². The van der Waals surface area contributed by atoms with Gasteiger partial charge in [0.1, 0.15) is 6.10 Å². The Bertz CT molecular complexity index is 202. The Kier molecular flexibility index (Phi) is 4.08.